The summed E-state index contributed by atoms with van der Waals surface area (Å²) in [4.78, 5) is 31.5. The van der Waals surface area contributed by atoms with Gasteiger partial charge in [-0.1, -0.05) is 30.3 Å². The molecule has 142 valence electrons. The number of hydrogen-bond donors (Lipinski definition) is 1. The first-order valence-corrected chi connectivity index (χ1v) is 11.0. The molecule has 2 fully saturated rings. The third-order valence-corrected chi connectivity index (χ3v) is 6.64. The molecular formula is C19H21N3O3S2. The van der Waals surface area contributed by atoms with Gasteiger partial charge in [-0.15, -0.1) is 23.1 Å². The Balaban J connectivity index is 1.35. The van der Waals surface area contributed by atoms with E-state index >= 15 is 0 Å². The maximum atomic E-state index is 12.6. The molecular weight excluding hydrogens is 382 g/mol. The zero-order chi connectivity index (χ0) is 18.6. The number of hydrogen-bond acceptors (Lipinski definition) is 6. The number of nitrogens with one attached hydrogen (secondary N) is 1. The fraction of sp³-hybridized carbons (Fsp3) is 0.421. The maximum Gasteiger partial charge on any atom is 0.253 e. The number of rotatable bonds is 5. The van der Waals surface area contributed by atoms with Gasteiger partial charge in [0.25, 0.3) is 5.91 Å². The minimum Gasteiger partial charge on any atom is -0.368 e. The molecule has 1 aromatic carbocycles. The molecule has 1 N–H and O–H groups in total. The topological polar surface area (TPSA) is 71.5 Å². The first-order valence-electron chi connectivity index (χ1n) is 9.00. The van der Waals surface area contributed by atoms with Gasteiger partial charge in [0, 0.05) is 23.3 Å². The van der Waals surface area contributed by atoms with Gasteiger partial charge in [0.15, 0.2) is 0 Å². The van der Waals surface area contributed by atoms with E-state index in [0.717, 1.165) is 29.1 Å². The Bertz CT molecular complexity index is 806. The van der Waals surface area contributed by atoms with Gasteiger partial charge in [0.1, 0.15) is 17.2 Å². The van der Waals surface area contributed by atoms with E-state index in [2.05, 4.69) is 10.3 Å². The van der Waals surface area contributed by atoms with Gasteiger partial charge in [-0.3, -0.25) is 9.59 Å². The van der Waals surface area contributed by atoms with E-state index in [1.807, 2.05) is 35.7 Å². The number of carbonyl (C=O) groups excluding carboxylic acids is 2. The summed E-state index contributed by atoms with van der Waals surface area (Å²) in [5, 5.41) is 5.83. The Morgan fingerprint density at radius 1 is 1.30 bits per heavy atom. The van der Waals surface area contributed by atoms with Crippen molar-refractivity contribution >= 4 is 34.9 Å². The Kier molecular flexibility index (Phi) is 5.75. The molecule has 6 nitrogen and oxygen atoms in total. The Morgan fingerprint density at radius 2 is 2.15 bits per heavy atom. The third kappa shape index (κ3) is 4.17. The number of carbonyl (C=O) groups is 2. The second-order valence-electron chi connectivity index (χ2n) is 6.55. The minimum absolute atomic E-state index is 0.0577. The summed E-state index contributed by atoms with van der Waals surface area (Å²) in [5.41, 5.74) is 1.90. The predicted octanol–water partition coefficient (Wildman–Crippen LogP) is 2.51. The third-order valence-electron chi connectivity index (χ3n) is 4.69. The lowest BCUT2D eigenvalue weighted by atomic mass is 10.2. The molecule has 8 heteroatoms. The quantitative estimate of drug-likeness (QED) is 0.831. The highest BCUT2D eigenvalue weighted by Crippen LogP contribution is 2.26. The second kappa shape index (κ2) is 8.41. The monoisotopic (exact) mass is 403 g/mol. The summed E-state index contributed by atoms with van der Waals surface area (Å²) in [7, 11) is 0. The molecule has 2 saturated heterocycles. The normalized spacial score (nSPS) is 22.1. The molecule has 2 atom stereocenters. The van der Waals surface area contributed by atoms with E-state index in [0.29, 0.717) is 24.8 Å². The van der Waals surface area contributed by atoms with E-state index < -0.39 is 6.04 Å². The Labute approximate surface area is 166 Å². The molecule has 2 aliphatic rings. The standard InChI is InChI=1S/C19H21N3O3S2/c23-17(15-11-26-12-22(15)19(24)16-7-4-8-25-16)20-9-14-10-27-18(21-14)13-5-2-1-3-6-13/h1-3,5-6,10,15-16H,4,7-9,11-12H2,(H,20,23)/t15-,16+/m1/s1. The molecule has 2 aromatic rings. The van der Waals surface area contributed by atoms with Crippen molar-refractivity contribution in [1.82, 2.24) is 15.2 Å². The minimum atomic E-state index is -0.432. The van der Waals surface area contributed by atoms with Crippen LogP contribution in [0.1, 0.15) is 18.5 Å². The lowest BCUT2D eigenvalue weighted by Crippen LogP contribution is -2.50. The van der Waals surface area contributed by atoms with Crippen LogP contribution in [0.25, 0.3) is 10.6 Å². The van der Waals surface area contributed by atoms with E-state index in [-0.39, 0.29) is 17.9 Å². The number of thioether (sulfide) groups is 1. The van der Waals surface area contributed by atoms with Crippen LogP contribution in [-0.4, -0.2) is 52.1 Å². The number of aromatic nitrogens is 1. The van der Waals surface area contributed by atoms with Gasteiger partial charge < -0.3 is 15.0 Å². The van der Waals surface area contributed by atoms with Gasteiger partial charge in [-0.2, -0.15) is 0 Å². The summed E-state index contributed by atoms with van der Waals surface area (Å²) in [6, 6.07) is 9.54. The van der Waals surface area contributed by atoms with Crippen LogP contribution >= 0.6 is 23.1 Å². The SMILES string of the molecule is O=C(NCc1csc(-c2ccccc2)n1)[C@H]1CSCN1C(=O)[C@@H]1CCCO1. The molecule has 1 aromatic heterocycles. The maximum absolute atomic E-state index is 12.6. The van der Waals surface area contributed by atoms with Crippen LogP contribution in [0.3, 0.4) is 0 Å². The van der Waals surface area contributed by atoms with Gasteiger partial charge in [-0.25, -0.2) is 4.98 Å². The van der Waals surface area contributed by atoms with E-state index in [1.54, 1.807) is 28.0 Å². The van der Waals surface area contributed by atoms with Crippen molar-refractivity contribution in [2.24, 2.45) is 0 Å². The number of nitrogens with zero attached hydrogens (tertiary/aromatic N) is 2. The molecule has 0 saturated carbocycles. The lowest BCUT2D eigenvalue weighted by molar-refractivity contribution is -0.145. The first-order chi connectivity index (χ1) is 13.2. The highest BCUT2D eigenvalue weighted by Gasteiger charge is 2.38. The summed E-state index contributed by atoms with van der Waals surface area (Å²) in [5.74, 6) is 0.987. The van der Waals surface area contributed by atoms with Gasteiger partial charge in [0.05, 0.1) is 18.1 Å². The molecule has 2 aliphatic heterocycles. The van der Waals surface area contributed by atoms with Gasteiger partial charge >= 0.3 is 0 Å². The largest absolute Gasteiger partial charge is 0.368 e. The highest BCUT2D eigenvalue weighted by molar-refractivity contribution is 7.99. The van der Waals surface area contributed by atoms with Crippen molar-refractivity contribution in [2.75, 3.05) is 18.2 Å². The van der Waals surface area contributed by atoms with E-state index in [9.17, 15) is 9.59 Å². The number of amides is 2. The van der Waals surface area contributed by atoms with Crippen LogP contribution in [0.5, 0.6) is 0 Å². The van der Waals surface area contributed by atoms with Gasteiger partial charge in [0.2, 0.25) is 5.91 Å². The average molecular weight is 404 g/mol. The van der Waals surface area contributed by atoms with Crippen LogP contribution in [0, 0.1) is 0 Å². The zero-order valence-electron chi connectivity index (χ0n) is 14.8. The lowest BCUT2D eigenvalue weighted by Gasteiger charge is -2.25. The van der Waals surface area contributed by atoms with E-state index in [1.165, 1.54) is 0 Å². The summed E-state index contributed by atoms with van der Waals surface area (Å²) < 4.78 is 5.49. The number of ether oxygens (including phenoxy) is 1. The van der Waals surface area contributed by atoms with Crippen LogP contribution < -0.4 is 5.32 Å². The summed E-state index contributed by atoms with van der Waals surface area (Å²) >= 11 is 3.17. The fourth-order valence-corrected chi connectivity index (χ4v) is 5.22. The molecule has 0 spiro atoms. The zero-order valence-corrected chi connectivity index (χ0v) is 16.4. The van der Waals surface area contributed by atoms with Crippen LogP contribution in [0.4, 0.5) is 0 Å². The molecule has 0 unspecified atom stereocenters. The molecule has 4 rings (SSSR count). The average Bonchev–Trinajstić information content (AvgIpc) is 3.47. The molecule has 2 amide bonds. The first kappa shape index (κ1) is 18.5. The summed E-state index contributed by atoms with van der Waals surface area (Å²) in [6.45, 7) is 0.993. The number of benzene rings is 1. The van der Waals surface area contributed by atoms with Crippen LogP contribution in [0.2, 0.25) is 0 Å². The predicted molar refractivity (Wildman–Crippen MR) is 106 cm³/mol. The van der Waals surface area contributed by atoms with Crippen molar-refractivity contribution in [3.05, 3.63) is 41.4 Å². The van der Waals surface area contributed by atoms with Crippen LogP contribution in [-0.2, 0) is 20.9 Å². The number of thiazole rings is 1. The van der Waals surface area contributed by atoms with Crippen LogP contribution in [0.15, 0.2) is 35.7 Å². The van der Waals surface area contributed by atoms with E-state index in [4.69, 9.17) is 4.74 Å². The van der Waals surface area contributed by atoms with Crippen molar-refractivity contribution in [1.29, 1.82) is 0 Å². The Morgan fingerprint density at radius 3 is 2.93 bits per heavy atom. The molecule has 3 heterocycles. The molecule has 0 aliphatic carbocycles. The van der Waals surface area contributed by atoms with Crippen molar-refractivity contribution in [3.8, 4) is 10.6 Å². The van der Waals surface area contributed by atoms with Crippen molar-refractivity contribution in [2.45, 2.75) is 31.5 Å². The molecule has 27 heavy (non-hydrogen) atoms. The van der Waals surface area contributed by atoms with Crippen molar-refractivity contribution in [3.63, 3.8) is 0 Å². The second-order valence-corrected chi connectivity index (χ2v) is 8.41. The Hall–Kier alpha value is -1.90. The highest BCUT2D eigenvalue weighted by atomic mass is 32.2. The smallest absolute Gasteiger partial charge is 0.253 e. The summed E-state index contributed by atoms with van der Waals surface area (Å²) in [6.07, 6.45) is 1.27. The molecule has 0 radical (unpaired) electrons. The van der Waals surface area contributed by atoms with Gasteiger partial charge in [-0.05, 0) is 12.8 Å². The fourth-order valence-electron chi connectivity index (χ4n) is 3.23. The molecule has 0 bridgehead atoms. The van der Waals surface area contributed by atoms with Crippen molar-refractivity contribution < 1.29 is 14.3 Å².